The van der Waals surface area contributed by atoms with Crippen LogP contribution in [-0.2, 0) is 0 Å². The van der Waals surface area contributed by atoms with Crippen molar-refractivity contribution in [2.75, 3.05) is 0 Å². The van der Waals surface area contributed by atoms with Gasteiger partial charge in [0.2, 0.25) is 0 Å². The van der Waals surface area contributed by atoms with Crippen molar-refractivity contribution in [2.45, 2.75) is 6.92 Å². The van der Waals surface area contributed by atoms with Gasteiger partial charge in [-0.15, -0.1) is 17.0 Å². The number of halogens is 1. The van der Waals surface area contributed by atoms with Gasteiger partial charge in [0.1, 0.15) is 5.82 Å². The molecule has 4 heteroatoms. The van der Waals surface area contributed by atoms with E-state index in [0.717, 1.165) is 11.3 Å². The van der Waals surface area contributed by atoms with Gasteiger partial charge in [-0.2, -0.15) is 0 Å². The third-order valence-corrected chi connectivity index (χ3v) is 2.15. The Labute approximate surface area is 111 Å². The van der Waals surface area contributed by atoms with E-state index < -0.39 is 0 Å². The number of aromatic nitrogens is 3. The molecule has 0 aliphatic heterocycles. The van der Waals surface area contributed by atoms with Gasteiger partial charge in [-0.25, -0.2) is 4.98 Å². The molecule has 3 aromatic rings. The second-order valence-electron chi connectivity index (χ2n) is 3.37. The number of H-pyrrole nitrogens is 1. The van der Waals surface area contributed by atoms with Crippen molar-refractivity contribution in [3.63, 3.8) is 0 Å². The van der Waals surface area contributed by atoms with E-state index in [1.807, 2.05) is 37.4 Å². The Morgan fingerprint density at radius 1 is 0.941 bits per heavy atom. The number of nitrogens with zero attached hydrogens (tertiary/aromatic N) is 2. The average molecular weight is 292 g/mol. The summed E-state index contributed by atoms with van der Waals surface area (Å²) in [7, 11) is 0. The number of nitrogens with one attached hydrogen (secondary N) is 1. The van der Waals surface area contributed by atoms with E-state index in [0.29, 0.717) is 0 Å². The van der Waals surface area contributed by atoms with Crippen LogP contribution in [0.15, 0.2) is 55.0 Å². The number of hydrogen-bond donors (Lipinski definition) is 1. The van der Waals surface area contributed by atoms with Gasteiger partial charge in [0.05, 0.1) is 5.52 Å². The standard InChI is InChI=1S/C9H7N.C4H6N2.BrH/c1-2-6-9-8(4-1)5-3-7-10-9;1-4-5-2-3-6-4;/h1-7H;2-3H,1H3,(H,5,6);1H. The van der Waals surface area contributed by atoms with Crippen LogP contribution in [0.4, 0.5) is 0 Å². The highest BCUT2D eigenvalue weighted by atomic mass is 79.9. The predicted octanol–water partition coefficient (Wildman–Crippen LogP) is 3.53. The number of fused-ring (bicyclic) bond motifs is 1. The molecular formula is C13H14BrN3. The molecule has 2 heterocycles. The van der Waals surface area contributed by atoms with E-state index in [4.69, 9.17) is 0 Å². The minimum Gasteiger partial charge on any atom is -0.349 e. The molecule has 0 amide bonds. The monoisotopic (exact) mass is 291 g/mol. The summed E-state index contributed by atoms with van der Waals surface area (Å²) in [4.78, 5) is 10.9. The van der Waals surface area contributed by atoms with Crippen LogP contribution in [0.2, 0.25) is 0 Å². The van der Waals surface area contributed by atoms with Crippen LogP contribution in [0.1, 0.15) is 5.82 Å². The van der Waals surface area contributed by atoms with Crippen molar-refractivity contribution in [1.29, 1.82) is 0 Å². The molecule has 0 saturated heterocycles. The van der Waals surface area contributed by atoms with Gasteiger partial charge in [0.25, 0.3) is 0 Å². The second-order valence-corrected chi connectivity index (χ2v) is 3.37. The van der Waals surface area contributed by atoms with Gasteiger partial charge in [0, 0.05) is 24.0 Å². The van der Waals surface area contributed by atoms with Gasteiger partial charge >= 0.3 is 0 Å². The first kappa shape index (κ1) is 13.4. The second kappa shape index (κ2) is 6.81. The molecule has 0 aliphatic carbocycles. The summed E-state index contributed by atoms with van der Waals surface area (Å²) in [6, 6.07) is 12.1. The number of imidazole rings is 1. The van der Waals surface area contributed by atoms with Crippen LogP contribution >= 0.6 is 17.0 Å². The first-order chi connectivity index (χ1) is 7.86. The number of benzene rings is 1. The lowest BCUT2D eigenvalue weighted by molar-refractivity contribution is 1.15. The van der Waals surface area contributed by atoms with Crippen molar-refractivity contribution >= 4 is 27.9 Å². The zero-order valence-electron chi connectivity index (χ0n) is 9.50. The topological polar surface area (TPSA) is 41.6 Å². The average Bonchev–Trinajstić information content (AvgIpc) is 2.81. The van der Waals surface area contributed by atoms with E-state index >= 15 is 0 Å². The number of hydrogen-bond acceptors (Lipinski definition) is 2. The first-order valence-electron chi connectivity index (χ1n) is 5.12. The highest BCUT2D eigenvalue weighted by Crippen LogP contribution is 2.07. The fourth-order valence-corrected chi connectivity index (χ4v) is 1.36. The van der Waals surface area contributed by atoms with E-state index in [1.165, 1.54) is 5.39 Å². The molecule has 0 unspecified atom stereocenters. The van der Waals surface area contributed by atoms with Crippen LogP contribution in [0.25, 0.3) is 10.9 Å². The fraction of sp³-hybridized carbons (Fsp3) is 0.0769. The molecule has 0 spiro atoms. The third kappa shape index (κ3) is 4.00. The highest BCUT2D eigenvalue weighted by Gasteiger charge is 1.86. The maximum Gasteiger partial charge on any atom is 0.102 e. The Morgan fingerprint density at radius 3 is 2.29 bits per heavy atom. The molecule has 3 nitrogen and oxygen atoms in total. The van der Waals surface area contributed by atoms with Crippen molar-refractivity contribution in [3.05, 3.63) is 60.8 Å². The van der Waals surface area contributed by atoms with Crippen molar-refractivity contribution in [3.8, 4) is 0 Å². The van der Waals surface area contributed by atoms with Gasteiger partial charge in [0.15, 0.2) is 0 Å². The zero-order chi connectivity index (χ0) is 11.2. The minimum atomic E-state index is 0. The Morgan fingerprint density at radius 2 is 1.71 bits per heavy atom. The lowest BCUT2D eigenvalue weighted by Crippen LogP contribution is -1.73. The van der Waals surface area contributed by atoms with Gasteiger partial charge in [-0.1, -0.05) is 24.3 Å². The summed E-state index contributed by atoms with van der Waals surface area (Å²) in [5, 5.41) is 1.20. The van der Waals surface area contributed by atoms with Crippen molar-refractivity contribution < 1.29 is 0 Å². The molecule has 0 bridgehead atoms. The highest BCUT2D eigenvalue weighted by molar-refractivity contribution is 8.93. The SMILES string of the molecule is Br.Cc1ncc[nH]1.c1ccc2ncccc2c1. The molecular weight excluding hydrogens is 278 g/mol. The Kier molecular flexibility index (Phi) is 5.36. The number of rotatable bonds is 0. The third-order valence-electron chi connectivity index (χ3n) is 2.15. The van der Waals surface area contributed by atoms with E-state index in [-0.39, 0.29) is 17.0 Å². The minimum absolute atomic E-state index is 0. The van der Waals surface area contributed by atoms with E-state index in [1.54, 1.807) is 12.4 Å². The fourth-order valence-electron chi connectivity index (χ4n) is 1.36. The molecule has 17 heavy (non-hydrogen) atoms. The zero-order valence-corrected chi connectivity index (χ0v) is 11.2. The molecule has 3 rings (SSSR count). The number of aromatic amines is 1. The first-order valence-corrected chi connectivity index (χ1v) is 5.12. The molecule has 0 fully saturated rings. The van der Waals surface area contributed by atoms with Gasteiger partial charge < -0.3 is 4.98 Å². The summed E-state index contributed by atoms with van der Waals surface area (Å²) >= 11 is 0. The largest absolute Gasteiger partial charge is 0.349 e. The van der Waals surface area contributed by atoms with Crippen LogP contribution < -0.4 is 0 Å². The smallest absolute Gasteiger partial charge is 0.102 e. The Balaban J connectivity index is 0.000000180. The summed E-state index contributed by atoms with van der Waals surface area (Å²) in [6.07, 6.45) is 5.34. The van der Waals surface area contributed by atoms with Crippen LogP contribution in [0.5, 0.6) is 0 Å². The number of para-hydroxylation sites is 1. The van der Waals surface area contributed by atoms with Crippen LogP contribution in [0, 0.1) is 6.92 Å². The van der Waals surface area contributed by atoms with Crippen LogP contribution in [-0.4, -0.2) is 15.0 Å². The van der Waals surface area contributed by atoms with Gasteiger partial charge in [-0.3, -0.25) is 4.98 Å². The quantitative estimate of drug-likeness (QED) is 0.688. The summed E-state index contributed by atoms with van der Waals surface area (Å²) in [5.41, 5.74) is 1.06. The van der Waals surface area contributed by atoms with Crippen molar-refractivity contribution in [2.24, 2.45) is 0 Å². The van der Waals surface area contributed by atoms with Crippen molar-refractivity contribution in [1.82, 2.24) is 15.0 Å². The molecule has 0 radical (unpaired) electrons. The maximum absolute atomic E-state index is 4.18. The number of aryl methyl sites for hydroxylation is 1. The lowest BCUT2D eigenvalue weighted by Gasteiger charge is -1.91. The summed E-state index contributed by atoms with van der Waals surface area (Å²) in [5.74, 6) is 0.968. The van der Waals surface area contributed by atoms with E-state index in [2.05, 4.69) is 27.1 Å². The number of pyridine rings is 1. The van der Waals surface area contributed by atoms with Crippen LogP contribution in [0.3, 0.4) is 0 Å². The molecule has 0 aliphatic rings. The maximum atomic E-state index is 4.18. The normalized spacial score (nSPS) is 9.00. The predicted molar refractivity (Wildman–Crippen MR) is 75.4 cm³/mol. The molecule has 88 valence electrons. The molecule has 2 aromatic heterocycles. The molecule has 0 atom stereocenters. The molecule has 1 aromatic carbocycles. The van der Waals surface area contributed by atoms with Gasteiger partial charge in [-0.05, 0) is 19.1 Å². The Hall–Kier alpha value is -1.68. The molecule has 0 saturated carbocycles. The summed E-state index contributed by atoms with van der Waals surface area (Å²) < 4.78 is 0. The lowest BCUT2D eigenvalue weighted by atomic mass is 10.2. The summed E-state index contributed by atoms with van der Waals surface area (Å²) in [6.45, 7) is 1.92. The Bertz CT molecular complexity index is 484. The molecule has 1 N–H and O–H groups in total. The van der Waals surface area contributed by atoms with E-state index in [9.17, 15) is 0 Å².